The van der Waals surface area contributed by atoms with Crippen molar-refractivity contribution in [1.29, 1.82) is 0 Å². The third-order valence-corrected chi connectivity index (χ3v) is 5.08. The Morgan fingerprint density at radius 3 is 1.28 bits per heavy atom. The van der Waals surface area contributed by atoms with Crippen LogP contribution >= 0.6 is 0 Å². The predicted molar refractivity (Wildman–Crippen MR) is 139 cm³/mol. The van der Waals surface area contributed by atoms with Gasteiger partial charge in [-0.25, -0.2) is 0 Å². The van der Waals surface area contributed by atoms with Crippen molar-refractivity contribution in [2.75, 3.05) is 37.9 Å². The van der Waals surface area contributed by atoms with Gasteiger partial charge in [0.2, 0.25) is 0 Å². The molecule has 0 aliphatic heterocycles. The van der Waals surface area contributed by atoms with E-state index in [1.54, 1.807) is 14.2 Å². The second kappa shape index (κ2) is 11.7. The van der Waals surface area contributed by atoms with Crippen molar-refractivity contribution < 1.29 is 9.47 Å². The first-order valence-corrected chi connectivity index (χ1v) is 11.0. The molecule has 0 spiro atoms. The van der Waals surface area contributed by atoms with E-state index in [-0.39, 0.29) is 0 Å². The standard InChI is InChI=1S/C28H32N2O2/c1-5-29-25-15-9-21(10-16-25)7-13-23-19-28(32-4)24(20-27(23)31-3)14-8-22-11-17-26(18-12-22)30-6-2/h7-20,29-30H,5-6H2,1-4H3/b13-7+,14-8+. The van der Waals surface area contributed by atoms with Gasteiger partial charge in [-0.2, -0.15) is 0 Å². The highest BCUT2D eigenvalue weighted by molar-refractivity contribution is 5.79. The summed E-state index contributed by atoms with van der Waals surface area (Å²) in [6.07, 6.45) is 8.26. The van der Waals surface area contributed by atoms with Crippen molar-refractivity contribution >= 4 is 35.7 Å². The third kappa shape index (κ3) is 6.17. The molecule has 32 heavy (non-hydrogen) atoms. The molecule has 2 N–H and O–H groups in total. The summed E-state index contributed by atoms with van der Waals surface area (Å²) in [4.78, 5) is 0. The normalized spacial score (nSPS) is 11.1. The van der Waals surface area contributed by atoms with Crippen molar-refractivity contribution in [2.24, 2.45) is 0 Å². The van der Waals surface area contributed by atoms with Crippen molar-refractivity contribution in [3.05, 3.63) is 82.9 Å². The van der Waals surface area contributed by atoms with E-state index in [1.165, 1.54) is 0 Å². The third-order valence-electron chi connectivity index (χ3n) is 5.08. The average Bonchev–Trinajstić information content (AvgIpc) is 2.83. The average molecular weight is 429 g/mol. The first-order chi connectivity index (χ1) is 15.7. The van der Waals surface area contributed by atoms with Crippen LogP contribution in [0.1, 0.15) is 36.1 Å². The van der Waals surface area contributed by atoms with Crippen LogP contribution in [0.5, 0.6) is 11.5 Å². The molecular formula is C28H32N2O2. The molecule has 3 aromatic carbocycles. The Balaban J connectivity index is 1.82. The van der Waals surface area contributed by atoms with Crippen LogP contribution < -0.4 is 20.1 Å². The number of anilines is 2. The molecule has 3 rings (SSSR count). The maximum atomic E-state index is 5.66. The molecule has 4 nitrogen and oxygen atoms in total. The quantitative estimate of drug-likeness (QED) is 0.344. The fourth-order valence-electron chi connectivity index (χ4n) is 3.41. The lowest BCUT2D eigenvalue weighted by Crippen LogP contribution is -1.95. The van der Waals surface area contributed by atoms with Gasteiger partial charge in [0.25, 0.3) is 0 Å². The van der Waals surface area contributed by atoms with Gasteiger partial charge < -0.3 is 20.1 Å². The Morgan fingerprint density at radius 2 is 0.969 bits per heavy atom. The van der Waals surface area contributed by atoms with Crippen molar-refractivity contribution in [1.82, 2.24) is 0 Å². The van der Waals surface area contributed by atoms with Crippen LogP contribution in [-0.2, 0) is 0 Å². The molecule has 0 aliphatic carbocycles. The van der Waals surface area contributed by atoms with Gasteiger partial charge in [-0.15, -0.1) is 0 Å². The van der Waals surface area contributed by atoms with E-state index in [2.05, 4.69) is 97.3 Å². The Labute approximate surface area is 191 Å². The zero-order valence-electron chi connectivity index (χ0n) is 19.3. The summed E-state index contributed by atoms with van der Waals surface area (Å²) in [6.45, 7) is 6.00. The van der Waals surface area contributed by atoms with E-state index in [1.807, 2.05) is 12.1 Å². The van der Waals surface area contributed by atoms with Crippen molar-refractivity contribution in [3.8, 4) is 11.5 Å². The Kier molecular flexibility index (Phi) is 8.38. The van der Waals surface area contributed by atoms with Gasteiger partial charge >= 0.3 is 0 Å². The Bertz CT molecular complexity index is 965. The molecular weight excluding hydrogens is 396 g/mol. The number of hydrogen-bond donors (Lipinski definition) is 2. The molecule has 166 valence electrons. The molecule has 0 saturated carbocycles. The summed E-state index contributed by atoms with van der Waals surface area (Å²) < 4.78 is 11.3. The zero-order chi connectivity index (χ0) is 22.8. The monoisotopic (exact) mass is 428 g/mol. The molecule has 0 unspecified atom stereocenters. The van der Waals surface area contributed by atoms with Gasteiger partial charge in [0.15, 0.2) is 0 Å². The van der Waals surface area contributed by atoms with E-state index >= 15 is 0 Å². The number of methoxy groups -OCH3 is 2. The molecule has 0 aromatic heterocycles. The fourth-order valence-corrected chi connectivity index (χ4v) is 3.41. The van der Waals surface area contributed by atoms with Gasteiger partial charge in [-0.3, -0.25) is 0 Å². The first kappa shape index (κ1) is 23.0. The van der Waals surface area contributed by atoms with E-state index in [9.17, 15) is 0 Å². The summed E-state index contributed by atoms with van der Waals surface area (Å²) in [5.74, 6) is 1.60. The largest absolute Gasteiger partial charge is 0.496 e. The topological polar surface area (TPSA) is 42.5 Å². The molecule has 0 heterocycles. The summed E-state index contributed by atoms with van der Waals surface area (Å²) in [6, 6.07) is 20.7. The van der Waals surface area contributed by atoms with E-state index < -0.39 is 0 Å². The summed E-state index contributed by atoms with van der Waals surface area (Å²) >= 11 is 0. The van der Waals surface area contributed by atoms with E-state index in [0.29, 0.717) is 0 Å². The minimum atomic E-state index is 0.800. The van der Waals surface area contributed by atoms with Crippen molar-refractivity contribution in [3.63, 3.8) is 0 Å². The maximum Gasteiger partial charge on any atom is 0.126 e. The van der Waals surface area contributed by atoms with Crippen LogP contribution in [0.4, 0.5) is 11.4 Å². The molecule has 3 aromatic rings. The minimum Gasteiger partial charge on any atom is -0.496 e. The van der Waals surface area contributed by atoms with Gasteiger partial charge in [0.1, 0.15) is 11.5 Å². The number of rotatable bonds is 10. The smallest absolute Gasteiger partial charge is 0.126 e. The predicted octanol–water partition coefficient (Wildman–Crippen LogP) is 6.91. The Hall–Kier alpha value is -3.66. The second-order valence-corrected chi connectivity index (χ2v) is 7.31. The van der Waals surface area contributed by atoms with Crippen LogP contribution in [0.25, 0.3) is 24.3 Å². The van der Waals surface area contributed by atoms with Gasteiger partial charge in [-0.1, -0.05) is 48.6 Å². The summed E-state index contributed by atoms with van der Waals surface area (Å²) in [5.41, 5.74) is 6.42. The lowest BCUT2D eigenvalue weighted by atomic mass is 10.1. The fraction of sp³-hybridized carbons (Fsp3) is 0.214. The maximum absolute atomic E-state index is 5.66. The summed E-state index contributed by atoms with van der Waals surface area (Å²) in [5, 5.41) is 6.62. The van der Waals surface area contributed by atoms with Crippen LogP contribution in [-0.4, -0.2) is 27.3 Å². The molecule has 0 bridgehead atoms. The lowest BCUT2D eigenvalue weighted by Gasteiger charge is -2.11. The lowest BCUT2D eigenvalue weighted by molar-refractivity contribution is 0.401. The van der Waals surface area contributed by atoms with E-state index in [4.69, 9.17) is 9.47 Å². The highest BCUT2D eigenvalue weighted by Gasteiger charge is 2.08. The van der Waals surface area contributed by atoms with Gasteiger partial charge in [0, 0.05) is 35.6 Å². The highest BCUT2D eigenvalue weighted by Crippen LogP contribution is 2.32. The molecule has 4 heteroatoms. The zero-order valence-corrected chi connectivity index (χ0v) is 19.3. The van der Waals surface area contributed by atoms with Crippen molar-refractivity contribution in [2.45, 2.75) is 13.8 Å². The molecule has 0 fully saturated rings. The van der Waals surface area contributed by atoms with Crippen LogP contribution in [0, 0.1) is 0 Å². The first-order valence-electron chi connectivity index (χ1n) is 11.0. The molecule has 0 atom stereocenters. The highest BCUT2D eigenvalue weighted by atomic mass is 16.5. The van der Waals surface area contributed by atoms with Gasteiger partial charge in [0.05, 0.1) is 14.2 Å². The number of ether oxygens (including phenoxy) is 2. The summed E-state index contributed by atoms with van der Waals surface area (Å²) in [7, 11) is 3.38. The minimum absolute atomic E-state index is 0.800. The number of hydrogen-bond acceptors (Lipinski definition) is 4. The Morgan fingerprint density at radius 1 is 0.594 bits per heavy atom. The number of benzene rings is 3. The molecule has 0 radical (unpaired) electrons. The molecule has 0 aliphatic rings. The molecule has 0 saturated heterocycles. The van der Waals surface area contributed by atoms with Crippen LogP contribution in [0.3, 0.4) is 0 Å². The van der Waals surface area contributed by atoms with E-state index in [0.717, 1.165) is 58.2 Å². The van der Waals surface area contributed by atoms with Crippen LogP contribution in [0.2, 0.25) is 0 Å². The second-order valence-electron chi connectivity index (χ2n) is 7.31. The van der Waals surface area contributed by atoms with Crippen LogP contribution in [0.15, 0.2) is 60.7 Å². The molecule has 0 amide bonds. The van der Waals surface area contributed by atoms with Gasteiger partial charge in [-0.05, 0) is 61.4 Å². The number of nitrogens with one attached hydrogen (secondary N) is 2. The SMILES string of the molecule is CCNc1ccc(/C=C/c2cc(OC)c(/C=C/c3ccc(NCC)cc3)cc2OC)cc1.